The van der Waals surface area contributed by atoms with Gasteiger partial charge in [-0.25, -0.2) is 13.1 Å². The highest BCUT2D eigenvalue weighted by molar-refractivity contribution is 7.89. The molecule has 0 aliphatic rings. The molecule has 0 fully saturated rings. The lowest BCUT2D eigenvalue weighted by Gasteiger charge is -2.12. The molecule has 0 heterocycles. The fourth-order valence-corrected chi connectivity index (χ4v) is 3.59. The van der Waals surface area contributed by atoms with E-state index in [2.05, 4.69) is 4.72 Å². The molecule has 6 nitrogen and oxygen atoms in total. The molecular formula is C18H23NO5S. The number of aryl methyl sites for hydroxylation is 1. The Morgan fingerprint density at radius 3 is 2.12 bits per heavy atom. The summed E-state index contributed by atoms with van der Waals surface area (Å²) >= 11 is 0. The molecule has 2 rings (SSSR count). The topological polar surface area (TPSA) is 73.9 Å². The molecule has 0 spiro atoms. The molecule has 0 aromatic heterocycles. The molecule has 0 amide bonds. The van der Waals surface area contributed by atoms with Crippen LogP contribution < -0.4 is 18.9 Å². The van der Waals surface area contributed by atoms with Crippen molar-refractivity contribution < 1.29 is 22.6 Å². The standard InChI is InChI=1S/C18H23NO5S/c1-22-15-8-6-14(7-9-15)5-4-12-19-25(20,21)18-11-10-16(23-2)13-17(18)24-3/h6-11,13,19H,4-5,12H2,1-3H3. The van der Waals surface area contributed by atoms with Crippen LogP contribution in [0.3, 0.4) is 0 Å². The Morgan fingerprint density at radius 1 is 0.880 bits per heavy atom. The number of rotatable bonds is 9. The van der Waals surface area contributed by atoms with Crippen LogP contribution >= 0.6 is 0 Å². The van der Waals surface area contributed by atoms with Crippen LogP contribution in [0, 0.1) is 0 Å². The highest BCUT2D eigenvalue weighted by Gasteiger charge is 2.19. The van der Waals surface area contributed by atoms with E-state index in [1.807, 2.05) is 24.3 Å². The van der Waals surface area contributed by atoms with Crippen LogP contribution in [0.5, 0.6) is 17.2 Å². The van der Waals surface area contributed by atoms with Gasteiger partial charge in [0.05, 0.1) is 21.3 Å². The van der Waals surface area contributed by atoms with E-state index in [-0.39, 0.29) is 10.6 Å². The van der Waals surface area contributed by atoms with E-state index in [9.17, 15) is 8.42 Å². The number of hydrogen-bond donors (Lipinski definition) is 1. The molecule has 0 unspecified atom stereocenters. The van der Waals surface area contributed by atoms with Gasteiger partial charge in [-0.3, -0.25) is 0 Å². The van der Waals surface area contributed by atoms with Crippen LogP contribution in [0.4, 0.5) is 0 Å². The van der Waals surface area contributed by atoms with Crippen molar-refractivity contribution in [3.8, 4) is 17.2 Å². The molecule has 0 radical (unpaired) electrons. The zero-order valence-corrected chi connectivity index (χ0v) is 15.4. The van der Waals surface area contributed by atoms with Gasteiger partial charge in [0.2, 0.25) is 10.0 Å². The van der Waals surface area contributed by atoms with Crippen molar-refractivity contribution in [1.82, 2.24) is 4.72 Å². The summed E-state index contributed by atoms with van der Waals surface area (Å²) < 4.78 is 42.9. The van der Waals surface area contributed by atoms with Gasteiger partial charge in [0.15, 0.2) is 0 Å². The summed E-state index contributed by atoms with van der Waals surface area (Å²) in [4.78, 5) is 0.0975. The molecule has 2 aromatic carbocycles. The molecule has 0 aliphatic carbocycles. The Hall–Kier alpha value is -2.25. The molecule has 0 bridgehead atoms. The van der Waals surface area contributed by atoms with Gasteiger partial charge < -0.3 is 14.2 Å². The third-order valence-electron chi connectivity index (χ3n) is 3.75. The SMILES string of the molecule is COc1ccc(CCCNS(=O)(=O)c2ccc(OC)cc2OC)cc1. The van der Waals surface area contributed by atoms with Crippen molar-refractivity contribution in [3.63, 3.8) is 0 Å². The quantitative estimate of drug-likeness (QED) is 0.692. The fraction of sp³-hybridized carbons (Fsp3) is 0.333. The number of ether oxygens (including phenoxy) is 3. The van der Waals surface area contributed by atoms with Crippen molar-refractivity contribution in [2.45, 2.75) is 17.7 Å². The maximum atomic E-state index is 12.5. The van der Waals surface area contributed by atoms with E-state index in [0.717, 1.165) is 17.7 Å². The Bertz CT molecular complexity index is 788. The minimum absolute atomic E-state index is 0.0975. The van der Waals surface area contributed by atoms with E-state index in [0.29, 0.717) is 18.7 Å². The van der Waals surface area contributed by atoms with Crippen LogP contribution in [0.15, 0.2) is 47.4 Å². The average molecular weight is 365 g/mol. The maximum Gasteiger partial charge on any atom is 0.244 e. The summed E-state index contributed by atoms with van der Waals surface area (Å²) in [7, 11) is 0.921. The summed E-state index contributed by atoms with van der Waals surface area (Å²) in [6, 6.07) is 12.3. The first-order valence-electron chi connectivity index (χ1n) is 7.85. The second-order valence-corrected chi connectivity index (χ2v) is 7.10. The van der Waals surface area contributed by atoms with E-state index in [4.69, 9.17) is 14.2 Å². The first-order chi connectivity index (χ1) is 12.0. The molecular weight excluding hydrogens is 342 g/mol. The van der Waals surface area contributed by atoms with E-state index >= 15 is 0 Å². The number of methoxy groups -OCH3 is 3. The lowest BCUT2D eigenvalue weighted by Crippen LogP contribution is -2.25. The van der Waals surface area contributed by atoms with Gasteiger partial charge in [-0.2, -0.15) is 0 Å². The predicted molar refractivity (Wildman–Crippen MR) is 96.0 cm³/mol. The van der Waals surface area contributed by atoms with Gasteiger partial charge in [-0.05, 0) is 42.7 Å². The monoisotopic (exact) mass is 365 g/mol. The van der Waals surface area contributed by atoms with Gasteiger partial charge in [-0.1, -0.05) is 12.1 Å². The van der Waals surface area contributed by atoms with Crippen molar-refractivity contribution >= 4 is 10.0 Å². The summed E-state index contributed by atoms with van der Waals surface area (Å²) in [5.41, 5.74) is 1.13. The van der Waals surface area contributed by atoms with Crippen molar-refractivity contribution in [2.24, 2.45) is 0 Å². The fourth-order valence-electron chi connectivity index (χ4n) is 2.37. The lowest BCUT2D eigenvalue weighted by atomic mass is 10.1. The van der Waals surface area contributed by atoms with Gasteiger partial charge in [0.25, 0.3) is 0 Å². The number of nitrogens with one attached hydrogen (secondary N) is 1. The predicted octanol–water partition coefficient (Wildman–Crippen LogP) is 2.62. The second-order valence-electron chi connectivity index (χ2n) is 5.37. The zero-order chi connectivity index (χ0) is 18.3. The van der Waals surface area contributed by atoms with Crippen LogP contribution in [-0.2, 0) is 16.4 Å². The Kier molecular flexibility index (Phi) is 6.66. The highest BCUT2D eigenvalue weighted by Crippen LogP contribution is 2.28. The second kappa shape index (κ2) is 8.73. The number of benzene rings is 2. The molecule has 136 valence electrons. The third-order valence-corrected chi connectivity index (χ3v) is 5.25. The van der Waals surface area contributed by atoms with Gasteiger partial charge >= 0.3 is 0 Å². The normalized spacial score (nSPS) is 11.2. The molecule has 25 heavy (non-hydrogen) atoms. The molecule has 0 aliphatic heterocycles. The van der Waals surface area contributed by atoms with Crippen LogP contribution in [0.2, 0.25) is 0 Å². The maximum absolute atomic E-state index is 12.5. The van der Waals surface area contributed by atoms with E-state index < -0.39 is 10.0 Å². The first-order valence-corrected chi connectivity index (χ1v) is 9.33. The van der Waals surface area contributed by atoms with Gasteiger partial charge in [-0.15, -0.1) is 0 Å². The Morgan fingerprint density at radius 2 is 1.52 bits per heavy atom. The highest BCUT2D eigenvalue weighted by atomic mass is 32.2. The Labute approximate surface area is 148 Å². The summed E-state index contributed by atoms with van der Waals surface area (Å²) in [6.45, 7) is 0.337. The van der Waals surface area contributed by atoms with Crippen molar-refractivity contribution in [1.29, 1.82) is 0 Å². The summed E-state index contributed by atoms with van der Waals surface area (Å²) in [5.74, 6) is 1.59. The molecule has 2 aromatic rings. The lowest BCUT2D eigenvalue weighted by molar-refractivity contribution is 0.386. The third kappa shape index (κ3) is 5.11. The van der Waals surface area contributed by atoms with Crippen LogP contribution in [0.1, 0.15) is 12.0 Å². The number of hydrogen-bond acceptors (Lipinski definition) is 5. The summed E-state index contributed by atoms with van der Waals surface area (Å²) in [6.07, 6.45) is 1.45. The molecule has 0 saturated carbocycles. The van der Waals surface area contributed by atoms with Gasteiger partial charge in [0.1, 0.15) is 22.1 Å². The molecule has 1 N–H and O–H groups in total. The zero-order valence-electron chi connectivity index (χ0n) is 14.6. The summed E-state index contributed by atoms with van der Waals surface area (Å²) in [5, 5.41) is 0. The molecule has 0 atom stereocenters. The smallest absolute Gasteiger partial charge is 0.244 e. The minimum atomic E-state index is -3.64. The molecule has 7 heteroatoms. The van der Waals surface area contributed by atoms with Crippen molar-refractivity contribution in [2.75, 3.05) is 27.9 Å². The van der Waals surface area contributed by atoms with Crippen molar-refractivity contribution in [3.05, 3.63) is 48.0 Å². The number of sulfonamides is 1. The van der Waals surface area contributed by atoms with E-state index in [1.54, 1.807) is 19.2 Å². The minimum Gasteiger partial charge on any atom is -0.497 e. The van der Waals surface area contributed by atoms with Crippen LogP contribution in [0.25, 0.3) is 0 Å². The van der Waals surface area contributed by atoms with E-state index in [1.165, 1.54) is 20.3 Å². The first kappa shape index (κ1) is 19.1. The largest absolute Gasteiger partial charge is 0.497 e. The average Bonchev–Trinajstić information content (AvgIpc) is 2.65. The van der Waals surface area contributed by atoms with Gasteiger partial charge in [0, 0.05) is 12.6 Å². The molecule has 0 saturated heterocycles. The van der Waals surface area contributed by atoms with Crippen LogP contribution in [-0.4, -0.2) is 36.3 Å². The Balaban J connectivity index is 1.95.